The molecule has 0 unspecified atom stereocenters. The molecule has 0 aromatic rings. The number of hydrogen-bond donors (Lipinski definition) is 1. The first-order valence-electron chi connectivity index (χ1n) is 4.66. The molecule has 1 N–H and O–H groups in total. The van der Waals surface area contributed by atoms with E-state index in [-0.39, 0.29) is 0 Å². The maximum absolute atomic E-state index is 3.17. The fraction of sp³-hybridized carbons (Fsp3) is 1.00. The average molecular weight is 156 g/mol. The lowest BCUT2D eigenvalue weighted by molar-refractivity contribution is 0.206. The summed E-state index contributed by atoms with van der Waals surface area (Å²) >= 11 is 0. The zero-order chi connectivity index (χ0) is 8.10. The maximum Gasteiger partial charge on any atom is 0.0104 e. The Balaban J connectivity index is 1.95. The molecule has 0 saturated heterocycles. The highest BCUT2D eigenvalue weighted by Gasteiger charge is 2.18. The van der Waals surface area contributed by atoms with Gasteiger partial charge in [-0.2, -0.15) is 0 Å². The molecular weight excluding hydrogens is 136 g/mol. The Morgan fingerprint density at radius 3 is 2.64 bits per heavy atom. The van der Waals surface area contributed by atoms with Gasteiger partial charge in [0.05, 0.1) is 0 Å². The van der Waals surface area contributed by atoms with E-state index in [0.717, 1.165) is 12.5 Å². The minimum Gasteiger partial charge on any atom is -0.318 e. The molecular formula is C9H20N2. The number of rotatable bonds is 5. The summed E-state index contributed by atoms with van der Waals surface area (Å²) in [5, 5.41) is 3.17. The SMILES string of the molecule is CNCCN(C)CC1CCC1. The van der Waals surface area contributed by atoms with Crippen LogP contribution in [0.25, 0.3) is 0 Å². The van der Waals surface area contributed by atoms with E-state index in [0.29, 0.717) is 0 Å². The lowest BCUT2D eigenvalue weighted by Gasteiger charge is -2.30. The summed E-state index contributed by atoms with van der Waals surface area (Å²) in [7, 11) is 4.23. The standard InChI is InChI=1S/C9H20N2/c1-10-6-7-11(2)8-9-4-3-5-9/h9-10H,3-8H2,1-2H3. The summed E-state index contributed by atoms with van der Waals surface area (Å²) in [5.41, 5.74) is 0. The highest BCUT2D eigenvalue weighted by atomic mass is 15.1. The van der Waals surface area contributed by atoms with Crippen LogP contribution in [0.2, 0.25) is 0 Å². The molecule has 1 aliphatic rings. The third-order valence-electron chi connectivity index (χ3n) is 2.54. The lowest BCUT2D eigenvalue weighted by Crippen LogP contribution is -2.33. The third-order valence-corrected chi connectivity index (χ3v) is 2.54. The van der Waals surface area contributed by atoms with Crippen LogP contribution < -0.4 is 5.32 Å². The van der Waals surface area contributed by atoms with Gasteiger partial charge < -0.3 is 10.2 Å². The van der Waals surface area contributed by atoms with Crippen LogP contribution in [0.3, 0.4) is 0 Å². The summed E-state index contributed by atoms with van der Waals surface area (Å²) < 4.78 is 0. The maximum atomic E-state index is 3.17. The molecule has 0 atom stereocenters. The van der Waals surface area contributed by atoms with Crippen LogP contribution in [0, 0.1) is 5.92 Å². The first-order valence-corrected chi connectivity index (χ1v) is 4.66. The quantitative estimate of drug-likeness (QED) is 0.637. The second-order valence-corrected chi connectivity index (χ2v) is 3.66. The lowest BCUT2D eigenvalue weighted by atomic mass is 9.85. The van der Waals surface area contributed by atoms with E-state index < -0.39 is 0 Å². The topological polar surface area (TPSA) is 15.3 Å². The van der Waals surface area contributed by atoms with E-state index in [1.807, 2.05) is 7.05 Å². The van der Waals surface area contributed by atoms with Gasteiger partial charge in [0.25, 0.3) is 0 Å². The molecule has 0 amide bonds. The first kappa shape index (κ1) is 9.01. The summed E-state index contributed by atoms with van der Waals surface area (Å²) in [5.74, 6) is 1.01. The minimum atomic E-state index is 1.01. The minimum absolute atomic E-state index is 1.01. The summed E-state index contributed by atoms with van der Waals surface area (Å²) in [6.07, 6.45) is 4.39. The second-order valence-electron chi connectivity index (χ2n) is 3.66. The summed E-state index contributed by atoms with van der Waals surface area (Å²) in [4.78, 5) is 2.43. The number of hydrogen-bond acceptors (Lipinski definition) is 2. The number of likely N-dealkylation sites (N-methyl/N-ethyl adjacent to an activating group) is 2. The van der Waals surface area contributed by atoms with Gasteiger partial charge in [-0.3, -0.25) is 0 Å². The Kier molecular flexibility index (Phi) is 3.87. The molecule has 0 aliphatic heterocycles. The fourth-order valence-corrected chi connectivity index (χ4v) is 1.51. The predicted octanol–water partition coefficient (Wildman–Crippen LogP) is 0.938. The molecule has 11 heavy (non-hydrogen) atoms. The van der Waals surface area contributed by atoms with Crippen molar-refractivity contribution in [1.29, 1.82) is 0 Å². The van der Waals surface area contributed by atoms with Crippen LogP contribution >= 0.6 is 0 Å². The fourth-order valence-electron chi connectivity index (χ4n) is 1.51. The Bertz CT molecular complexity index is 99.7. The monoisotopic (exact) mass is 156 g/mol. The van der Waals surface area contributed by atoms with Crippen LogP contribution in [0.15, 0.2) is 0 Å². The van der Waals surface area contributed by atoms with Crippen LogP contribution in [-0.4, -0.2) is 38.6 Å². The van der Waals surface area contributed by atoms with Gasteiger partial charge in [-0.25, -0.2) is 0 Å². The van der Waals surface area contributed by atoms with Gasteiger partial charge in [0.2, 0.25) is 0 Å². The second kappa shape index (κ2) is 4.73. The highest BCUT2D eigenvalue weighted by Crippen LogP contribution is 2.26. The molecule has 0 aromatic heterocycles. The van der Waals surface area contributed by atoms with Crippen molar-refractivity contribution in [3.8, 4) is 0 Å². The highest BCUT2D eigenvalue weighted by molar-refractivity contribution is 4.72. The molecule has 0 bridgehead atoms. The Hall–Kier alpha value is -0.0800. The summed E-state index contributed by atoms with van der Waals surface area (Å²) in [6, 6.07) is 0. The van der Waals surface area contributed by atoms with Crippen molar-refractivity contribution < 1.29 is 0 Å². The van der Waals surface area contributed by atoms with E-state index in [4.69, 9.17) is 0 Å². The van der Waals surface area contributed by atoms with E-state index in [1.54, 1.807) is 0 Å². The zero-order valence-corrected chi connectivity index (χ0v) is 7.77. The van der Waals surface area contributed by atoms with Gasteiger partial charge in [0, 0.05) is 19.6 Å². The van der Waals surface area contributed by atoms with Crippen molar-refractivity contribution >= 4 is 0 Å². The van der Waals surface area contributed by atoms with Gasteiger partial charge in [-0.05, 0) is 32.9 Å². The molecule has 1 aliphatic carbocycles. The van der Waals surface area contributed by atoms with Gasteiger partial charge in [-0.15, -0.1) is 0 Å². The summed E-state index contributed by atoms with van der Waals surface area (Å²) in [6.45, 7) is 3.61. The molecule has 1 saturated carbocycles. The van der Waals surface area contributed by atoms with Crippen molar-refractivity contribution in [2.45, 2.75) is 19.3 Å². The molecule has 2 heteroatoms. The molecule has 0 heterocycles. The van der Waals surface area contributed by atoms with Gasteiger partial charge in [-0.1, -0.05) is 6.42 Å². The zero-order valence-electron chi connectivity index (χ0n) is 7.77. The van der Waals surface area contributed by atoms with E-state index >= 15 is 0 Å². The van der Waals surface area contributed by atoms with E-state index in [9.17, 15) is 0 Å². The molecule has 1 fully saturated rings. The molecule has 0 radical (unpaired) electrons. The molecule has 2 nitrogen and oxygen atoms in total. The first-order chi connectivity index (χ1) is 5.33. The van der Waals surface area contributed by atoms with Crippen molar-refractivity contribution in [3.63, 3.8) is 0 Å². The van der Waals surface area contributed by atoms with E-state index in [1.165, 1.54) is 32.4 Å². The van der Waals surface area contributed by atoms with Crippen LogP contribution in [0.5, 0.6) is 0 Å². The Labute approximate surface area is 70.0 Å². The molecule has 1 rings (SSSR count). The Morgan fingerprint density at radius 2 is 2.18 bits per heavy atom. The third kappa shape index (κ3) is 3.21. The average Bonchev–Trinajstić information content (AvgIpc) is 1.93. The Morgan fingerprint density at radius 1 is 1.45 bits per heavy atom. The number of nitrogens with zero attached hydrogens (tertiary/aromatic N) is 1. The van der Waals surface area contributed by atoms with Crippen molar-refractivity contribution in [1.82, 2.24) is 10.2 Å². The van der Waals surface area contributed by atoms with Gasteiger partial charge in [0.15, 0.2) is 0 Å². The largest absolute Gasteiger partial charge is 0.318 e. The van der Waals surface area contributed by atoms with Crippen LogP contribution in [0.1, 0.15) is 19.3 Å². The molecule has 0 spiro atoms. The predicted molar refractivity (Wildman–Crippen MR) is 48.8 cm³/mol. The molecule has 66 valence electrons. The van der Waals surface area contributed by atoms with Gasteiger partial charge >= 0.3 is 0 Å². The number of nitrogens with one attached hydrogen (secondary N) is 1. The van der Waals surface area contributed by atoms with E-state index in [2.05, 4.69) is 17.3 Å². The smallest absolute Gasteiger partial charge is 0.0104 e. The van der Waals surface area contributed by atoms with Gasteiger partial charge in [0.1, 0.15) is 0 Å². The van der Waals surface area contributed by atoms with Crippen LogP contribution in [0.4, 0.5) is 0 Å². The normalized spacial score (nSPS) is 18.8. The molecule has 0 aromatic carbocycles. The van der Waals surface area contributed by atoms with Crippen molar-refractivity contribution in [3.05, 3.63) is 0 Å². The van der Waals surface area contributed by atoms with Crippen molar-refractivity contribution in [2.24, 2.45) is 5.92 Å². The van der Waals surface area contributed by atoms with Crippen molar-refractivity contribution in [2.75, 3.05) is 33.7 Å². The van der Waals surface area contributed by atoms with Crippen LogP contribution in [-0.2, 0) is 0 Å².